The summed E-state index contributed by atoms with van der Waals surface area (Å²) in [7, 11) is 0. The highest BCUT2D eigenvalue weighted by molar-refractivity contribution is 8.00. The molecule has 1 aliphatic rings. The molecule has 0 bridgehead atoms. The number of ether oxygens (including phenoxy) is 1. The fourth-order valence-corrected chi connectivity index (χ4v) is 4.22. The molecule has 3 rings (SSSR count). The normalized spacial score (nSPS) is 14.5. The number of benzene rings is 2. The predicted molar refractivity (Wildman–Crippen MR) is 137 cm³/mol. The number of nitriles is 1. The molecule has 2 aromatic carbocycles. The van der Waals surface area contributed by atoms with Crippen LogP contribution in [0.25, 0.3) is 0 Å². The SMILES string of the molecule is C/C(N)=C(\C)SN.Cc1cc(Cl)cc(Oc2ccc(C#N)cc2SN2CCN(C=O)CC2)c1. The fourth-order valence-electron chi connectivity index (χ4n) is 2.75. The number of nitrogens with zero attached hydrogens (tertiary/aromatic N) is 3. The summed E-state index contributed by atoms with van der Waals surface area (Å²) in [6, 6.07) is 13.1. The maximum absolute atomic E-state index is 10.9. The molecule has 0 radical (unpaired) electrons. The van der Waals surface area contributed by atoms with Gasteiger partial charge >= 0.3 is 0 Å². The second-order valence-corrected chi connectivity index (χ2v) is 9.78. The van der Waals surface area contributed by atoms with Gasteiger partial charge in [-0.1, -0.05) is 23.5 Å². The average molecular weight is 506 g/mol. The van der Waals surface area contributed by atoms with Crippen LogP contribution in [0.3, 0.4) is 0 Å². The smallest absolute Gasteiger partial charge is 0.209 e. The van der Waals surface area contributed by atoms with Crippen molar-refractivity contribution in [3.05, 3.63) is 63.1 Å². The van der Waals surface area contributed by atoms with E-state index in [0.29, 0.717) is 35.2 Å². The lowest BCUT2D eigenvalue weighted by molar-refractivity contribution is -0.119. The van der Waals surface area contributed by atoms with Gasteiger partial charge in [-0.05, 0) is 74.7 Å². The van der Waals surface area contributed by atoms with E-state index in [4.69, 9.17) is 27.2 Å². The number of hydrogen-bond acceptors (Lipinski definition) is 8. The van der Waals surface area contributed by atoms with Crippen molar-refractivity contribution in [3.63, 3.8) is 0 Å². The molecule has 176 valence electrons. The van der Waals surface area contributed by atoms with E-state index < -0.39 is 0 Å². The van der Waals surface area contributed by atoms with Crippen LogP contribution in [-0.2, 0) is 4.79 Å². The van der Waals surface area contributed by atoms with Crippen LogP contribution < -0.4 is 15.6 Å². The molecule has 1 fully saturated rings. The zero-order valence-electron chi connectivity index (χ0n) is 18.9. The molecule has 2 aromatic rings. The first-order valence-corrected chi connectivity index (χ1v) is 12.2. The molecule has 1 heterocycles. The minimum Gasteiger partial charge on any atom is -0.456 e. The molecule has 0 atom stereocenters. The van der Waals surface area contributed by atoms with Crippen LogP contribution in [0.5, 0.6) is 11.5 Å². The van der Waals surface area contributed by atoms with E-state index in [1.54, 1.807) is 35.0 Å². The largest absolute Gasteiger partial charge is 0.456 e. The summed E-state index contributed by atoms with van der Waals surface area (Å²) in [4.78, 5) is 14.5. The van der Waals surface area contributed by atoms with Crippen molar-refractivity contribution in [2.75, 3.05) is 26.2 Å². The number of aryl methyl sites for hydroxylation is 1. The molecule has 1 amide bonds. The highest BCUT2D eigenvalue weighted by Crippen LogP contribution is 2.36. The van der Waals surface area contributed by atoms with Crippen molar-refractivity contribution < 1.29 is 9.53 Å². The lowest BCUT2D eigenvalue weighted by atomic mass is 10.2. The zero-order chi connectivity index (χ0) is 24.4. The third kappa shape index (κ3) is 8.84. The summed E-state index contributed by atoms with van der Waals surface area (Å²) in [5.41, 5.74) is 7.72. The Morgan fingerprint density at radius 3 is 2.39 bits per heavy atom. The first-order valence-electron chi connectivity index (χ1n) is 10.2. The summed E-state index contributed by atoms with van der Waals surface area (Å²) >= 11 is 8.85. The Bertz CT molecular complexity index is 1010. The van der Waals surface area contributed by atoms with E-state index in [0.717, 1.165) is 40.6 Å². The number of nitrogens with two attached hydrogens (primary N) is 2. The summed E-state index contributed by atoms with van der Waals surface area (Å²) < 4.78 is 8.22. The molecule has 0 aliphatic carbocycles. The number of rotatable bonds is 6. The van der Waals surface area contributed by atoms with Crippen LogP contribution in [-0.4, -0.2) is 41.8 Å². The number of carbonyl (C=O) groups excluding carboxylic acids is 1. The van der Waals surface area contributed by atoms with E-state index in [-0.39, 0.29) is 0 Å². The Morgan fingerprint density at radius 1 is 1.18 bits per heavy atom. The molecule has 4 N–H and O–H groups in total. The second kappa shape index (κ2) is 13.4. The molecule has 0 unspecified atom stereocenters. The number of piperazine rings is 1. The summed E-state index contributed by atoms with van der Waals surface area (Å²) in [6.45, 7) is 8.58. The Kier molecular flexibility index (Phi) is 10.9. The van der Waals surface area contributed by atoms with Crippen LogP contribution in [0.4, 0.5) is 0 Å². The van der Waals surface area contributed by atoms with Crippen LogP contribution in [0.15, 0.2) is 51.9 Å². The Balaban J connectivity index is 0.000000479. The van der Waals surface area contributed by atoms with Gasteiger partial charge in [0, 0.05) is 41.8 Å². The molecule has 1 aliphatic heterocycles. The lowest BCUT2D eigenvalue weighted by Gasteiger charge is -2.31. The standard InChI is InChI=1S/C19H18ClN3O2S.C4H10N2S/c1-14-8-16(20)11-17(9-14)25-18-3-2-15(12-21)10-19(18)26-23-6-4-22(13-24)5-7-23;1-3(5)4(2)7-6/h2-3,8-11,13H,4-7H2,1H3;5-6H2,1-2H3/b;4-3-. The molecule has 1 saturated heterocycles. The quantitative estimate of drug-likeness (QED) is 0.421. The highest BCUT2D eigenvalue weighted by Gasteiger charge is 2.19. The third-order valence-electron chi connectivity index (χ3n) is 4.70. The van der Waals surface area contributed by atoms with Crippen molar-refractivity contribution in [1.29, 1.82) is 5.26 Å². The van der Waals surface area contributed by atoms with Gasteiger partial charge in [-0.2, -0.15) is 5.26 Å². The van der Waals surface area contributed by atoms with Crippen molar-refractivity contribution in [1.82, 2.24) is 9.21 Å². The van der Waals surface area contributed by atoms with Gasteiger partial charge in [0.1, 0.15) is 11.5 Å². The lowest BCUT2D eigenvalue weighted by Crippen LogP contribution is -2.42. The number of halogens is 1. The number of amides is 1. The Morgan fingerprint density at radius 2 is 1.88 bits per heavy atom. The van der Waals surface area contributed by atoms with Gasteiger partial charge in [-0.15, -0.1) is 0 Å². The molecule has 0 spiro atoms. The maximum atomic E-state index is 10.9. The van der Waals surface area contributed by atoms with Crippen molar-refractivity contribution in [2.24, 2.45) is 10.9 Å². The monoisotopic (exact) mass is 505 g/mol. The van der Waals surface area contributed by atoms with Gasteiger partial charge in [0.25, 0.3) is 0 Å². The summed E-state index contributed by atoms with van der Waals surface area (Å²) in [5.74, 6) is 1.33. The number of hydrogen-bond donors (Lipinski definition) is 2. The van der Waals surface area contributed by atoms with Crippen molar-refractivity contribution in [3.8, 4) is 17.6 Å². The molecular formula is C23H28ClN5O2S2. The Hall–Kier alpha value is -2.35. The first kappa shape index (κ1) is 26.9. The molecular weight excluding hydrogens is 478 g/mol. The van der Waals surface area contributed by atoms with Gasteiger partial charge in [0.15, 0.2) is 0 Å². The van der Waals surface area contributed by atoms with Gasteiger partial charge in [0.2, 0.25) is 6.41 Å². The first-order chi connectivity index (χ1) is 15.7. The summed E-state index contributed by atoms with van der Waals surface area (Å²) in [6.07, 6.45) is 0.883. The van der Waals surface area contributed by atoms with Gasteiger partial charge < -0.3 is 15.4 Å². The topological polar surface area (TPSA) is 109 Å². The minimum absolute atomic E-state index is 0.577. The van der Waals surface area contributed by atoms with E-state index in [9.17, 15) is 10.1 Å². The average Bonchev–Trinajstić information content (AvgIpc) is 2.79. The van der Waals surface area contributed by atoms with E-state index in [1.807, 2.05) is 39.0 Å². The van der Waals surface area contributed by atoms with E-state index in [2.05, 4.69) is 10.4 Å². The van der Waals surface area contributed by atoms with Gasteiger partial charge in [-0.3, -0.25) is 9.93 Å². The van der Waals surface area contributed by atoms with Crippen LogP contribution in [0, 0.1) is 18.3 Å². The molecule has 7 nitrogen and oxygen atoms in total. The molecule has 0 aromatic heterocycles. The van der Waals surface area contributed by atoms with Crippen molar-refractivity contribution in [2.45, 2.75) is 25.7 Å². The number of carbonyl (C=O) groups is 1. The van der Waals surface area contributed by atoms with Crippen molar-refractivity contribution >= 4 is 41.9 Å². The second-order valence-electron chi connectivity index (χ2n) is 7.36. The maximum Gasteiger partial charge on any atom is 0.209 e. The van der Waals surface area contributed by atoms with Crippen LogP contribution in [0.1, 0.15) is 25.0 Å². The number of allylic oxidation sites excluding steroid dienone is 2. The van der Waals surface area contributed by atoms with E-state index >= 15 is 0 Å². The molecule has 0 saturated carbocycles. The van der Waals surface area contributed by atoms with Gasteiger partial charge in [-0.25, -0.2) is 4.31 Å². The highest BCUT2D eigenvalue weighted by atomic mass is 35.5. The minimum atomic E-state index is 0.577. The Labute approximate surface area is 209 Å². The predicted octanol–water partition coefficient (Wildman–Crippen LogP) is 4.90. The van der Waals surface area contributed by atoms with E-state index in [1.165, 1.54) is 11.9 Å². The van der Waals surface area contributed by atoms with Gasteiger partial charge in [0.05, 0.1) is 16.5 Å². The third-order valence-corrected chi connectivity index (χ3v) is 6.73. The van der Waals surface area contributed by atoms with Crippen LogP contribution in [0.2, 0.25) is 5.02 Å². The fraction of sp³-hybridized carbons (Fsp3) is 0.304. The molecule has 10 heteroatoms. The zero-order valence-corrected chi connectivity index (χ0v) is 21.3. The summed E-state index contributed by atoms with van der Waals surface area (Å²) in [5, 5.41) is 15.0. The van der Waals surface area contributed by atoms with Crippen LogP contribution >= 0.6 is 35.5 Å². The molecule has 33 heavy (non-hydrogen) atoms.